The highest BCUT2D eigenvalue weighted by molar-refractivity contribution is 5.83. The molecule has 16 heavy (non-hydrogen) atoms. The number of amides is 1. The molecule has 0 bridgehead atoms. The van der Waals surface area contributed by atoms with Crippen LogP contribution >= 0.6 is 0 Å². The van der Waals surface area contributed by atoms with E-state index < -0.39 is 0 Å². The van der Waals surface area contributed by atoms with Gasteiger partial charge in [-0.15, -0.1) is 0 Å². The van der Waals surface area contributed by atoms with Gasteiger partial charge < -0.3 is 15.4 Å². The molecule has 2 aromatic rings. The molecule has 84 valence electrons. The predicted octanol–water partition coefficient (Wildman–Crippen LogP) is 1.82. The first kappa shape index (κ1) is 10.5. The SMILES string of the molecule is CC(=O)NCc1cc2cc(C)c(O)cc2[nH]1. The lowest BCUT2D eigenvalue weighted by atomic mass is 10.1. The average molecular weight is 218 g/mol. The van der Waals surface area contributed by atoms with Gasteiger partial charge in [0.25, 0.3) is 0 Å². The summed E-state index contributed by atoms with van der Waals surface area (Å²) >= 11 is 0. The first-order chi connectivity index (χ1) is 7.56. The number of aromatic hydroxyl groups is 1. The Balaban J connectivity index is 2.33. The van der Waals surface area contributed by atoms with Crippen LogP contribution in [0.2, 0.25) is 0 Å². The van der Waals surface area contributed by atoms with Crippen LogP contribution < -0.4 is 5.32 Å². The maximum absolute atomic E-state index is 10.8. The third-order valence-electron chi connectivity index (χ3n) is 2.52. The second-order valence-electron chi connectivity index (χ2n) is 3.93. The number of carbonyl (C=O) groups is 1. The van der Waals surface area contributed by atoms with Crippen molar-refractivity contribution in [1.29, 1.82) is 0 Å². The number of phenolic OH excluding ortho intramolecular Hbond substituents is 1. The number of carbonyl (C=O) groups excluding carboxylic acids is 1. The zero-order chi connectivity index (χ0) is 11.7. The fourth-order valence-electron chi connectivity index (χ4n) is 1.66. The quantitative estimate of drug-likeness (QED) is 0.719. The minimum Gasteiger partial charge on any atom is -0.508 e. The van der Waals surface area contributed by atoms with Crippen molar-refractivity contribution in [3.8, 4) is 5.75 Å². The van der Waals surface area contributed by atoms with E-state index in [0.29, 0.717) is 6.54 Å². The van der Waals surface area contributed by atoms with Gasteiger partial charge in [0.1, 0.15) is 5.75 Å². The summed E-state index contributed by atoms with van der Waals surface area (Å²) in [5.74, 6) is 0.220. The van der Waals surface area contributed by atoms with Crippen molar-refractivity contribution in [2.45, 2.75) is 20.4 Å². The van der Waals surface area contributed by atoms with Crippen LogP contribution in [0.3, 0.4) is 0 Å². The smallest absolute Gasteiger partial charge is 0.217 e. The van der Waals surface area contributed by atoms with Crippen LogP contribution in [0, 0.1) is 6.92 Å². The lowest BCUT2D eigenvalue weighted by Crippen LogP contribution is -2.18. The number of H-pyrrole nitrogens is 1. The second-order valence-corrected chi connectivity index (χ2v) is 3.93. The largest absolute Gasteiger partial charge is 0.508 e. The van der Waals surface area contributed by atoms with E-state index >= 15 is 0 Å². The number of aromatic amines is 1. The molecule has 4 heteroatoms. The number of phenols is 1. The van der Waals surface area contributed by atoms with E-state index in [1.165, 1.54) is 6.92 Å². The van der Waals surface area contributed by atoms with Crippen LogP contribution in [-0.2, 0) is 11.3 Å². The Bertz CT molecular complexity index is 504. The van der Waals surface area contributed by atoms with Gasteiger partial charge in [0.05, 0.1) is 6.54 Å². The molecule has 0 aliphatic carbocycles. The first-order valence-electron chi connectivity index (χ1n) is 5.12. The zero-order valence-corrected chi connectivity index (χ0v) is 9.29. The number of hydrogen-bond donors (Lipinski definition) is 3. The van der Waals surface area contributed by atoms with Crippen LogP contribution in [0.15, 0.2) is 18.2 Å². The van der Waals surface area contributed by atoms with Crippen LogP contribution in [0.4, 0.5) is 0 Å². The van der Waals surface area contributed by atoms with Crippen molar-refractivity contribution in [3.05, 3.63) is 29.5 Å². The third kappa shape index (κ3) is 2.00. The Labute approximate surface area is 93.3 Å². The molecule has 1 heterocycles. The summed E-state index contributed by atoms with van der Waals surface area (Å²) in [6, 6.07) is 5.58. The van der Waals surface area contributed by atoms with Crippen molar-refractivity contribution in [3.63, 3.8) is 0 Å². The molecule has 2 rings (SSSR count). The minimum atomic E-state index is -0.0577. The van der Waals surface area contributed by atoms with Gasteiger partial charge in [0.15, 0.2) is 0 Å². The molecule has 4 nitrogen and oxygen atoms in total. The van der Waals surface area contributed by atoms with Crippen LogP contribution in [0.1, 0.15) is 18.2 Å². The third-order valence-corrected chi connectivity index (χ3v) is 2.52. The second kappa shape index (κ2) is 3.89. The molecular formula is C12H14N2O2. The standard InChI is InChI=1S/C12H14N2O2/c1-7-3-9-4-10(6-13-8(2)15)14-11(9)5-12(7)16/h3-5,14,16H,6H2,1-2H3,(H,13,15). The monoisotopic (exact) mass is 218 g/mol. The number of hydrogen-bond acceptors (Lipinski definition) is 2. The van der Waals surface area contributed by atoms with Gasteiger partial charge >= 0.3 is 0 Å². The van der Waals surface area contributed by atoms with Crippen LogP contribution in [0.5, 0.6) is 5.75 Å². The molecule has 0 spiro atoms. The Morgan fingerprint density at radius 1 is 1.44 bits per heavy atom. The van der Waals surface area contributed by atoms with Gasteiger partial charge in [-0.2, -0.15) is 0 Å². The van der Waals surface area contributed by atoms with Crippen LogP contribution in [-0.4, -0.2) is 16.0 Å². The molecule has 0 atom stereocenters. The molecule has 0 fully saturated rings. The Hall–Kier alpha value is -1.97. The van der Waals surface area contributed by atoms with Gasteiger partial charge in [-0.3, -0.25) is 4.79 Å². The molecule has 1 amide bonds. The highest BCUT2D eigenvalue weighted by Gasteiger charge is 2.04. The molecular weight excluding hydrogens is 204 g/mol. The summed E-state index contributed by atoms with van der Waals surface area (Å²) in [5, 5.41) is 13.3. The van der Waals surface area contributed by atoms with Gasteiger partial charge in [-0.05, 0) is 24.6 Å². The number of aromatic nitrogens is 1. The summed E-state index contributed by atoms with van der Waals surface area (Å²) in [7, 11) is 0. The molecule has 0 aliphatic heterocycles. The van der Waals surface area contributed by atoms with Crippen molar-refractivity contribution in [2.75, 3.05) is 0 Å². The summed E-state index contributed by atoms with van der Waals surface area (Å²) in [6.45, 7) is 3.82. The number of rotatable bonds is 2. The number of benzene rings is 1. The van der Waals surface area contributed by atoms with Crippen molar-refractivity contribution >= 4 is 16.8 Å². The summed E-state index contributed by atoms with van der Waals surface area (Å²) in [4.78, 5) is 13.9. The molecule has 0 radical (unpaired) electrons. The normalized spacial score (nSPS) is 10.6. The Morgan fingerprint density at radius 3 is 2.88 bits per heavy atom. The van der Waals surface area contributed by atoms with Gasteiger partial charge in [0.2, 0.25) is 5.91 Å². The average Bonchev–Trinajstić information content (AvgIpc) is 2.58. The van der Waals surface area contributed by atoms with E-state index in [-0.39, 0.29) is 11.7 Å². The van der Waals surface area contributed by atoms with E-state index in [9.17, 15) is 9.90 Å². The molecule has 0 saturated heterocycles. The number of aryl methyl sites for hydroxylation is 1. The highest BCUT2D eigenvalue weighted by atomic mass is 16.3. The number of nitrogens with one attached hydrogen (secondary N) is 2. The maximum Gasteiger partial charge on any atom is 0.217 e. The molecule has 0 saturated carbocycles. The maximum atomic E-state index is 10.8. The molecule has 0 aliphatic rings. The molecule has 0 unspecified atom stereocenters. The van der Waals surface area contributed by atoms with Crippen LogP contribution in [0.25, 0.3) is 10.9 Å². The zero-order valence-electron chi connectivity index (χ0n) is 9.29. The molecule has 1 aromatic heterocycles. The van der Waals surface area contributed by atoms with Gasteiger partial charge in [-0.1, -0.05) is 0 Å². The topological polar surface area (TPSA) is 65.1 Å². The Kier molecular flexibility index (Phi) is 2.56. The Morgan fingerprint density at radius 2 is 2.19 bits per heavy atom. The predicted molar refractivity (Wildman–Crippen MR) is 62.2 cm³/mol. The fourth-order valence-corrected chi connectivity index (χ4v) is 1.66. The molecule has 3 N–H and O–H groups in total. The summed E-state index contributed by atoms with van der Waals surface area (Å²) in [6.07, 6.45) is 0. The van der Waals surface area contributed by atoms with E-state index in [4.69, 9.17) is 0 Å². The highest BCUT2D eigenvalue weighted by Crippen LogP contribution is 2.24. The number of fused-ring (bicyclic) bond motifs is 1. The van der Waals surface area contributed by atoms with Gasteiger partial charge in [0, 0.05) is 29.6 Å². The lowest BCUT2D eigenvalue weighted by Gasteiger charge is -1.98. The van der Waals surface area contributed by atoms with Crippen molar-refractivity contribution in [2.24, 2.45) is 0 Å². The summed E-state index contributed by atoms with van der Waals surface area (Å²) in [5.41, 5.74) is 2.65. The van der Waals surface area contributed by atoms with Gasteiger partial charge in [-0.25, -0.2) is 0 Å². The minimum absolute atomic E-state index is 0.0577. The van der Waals surface area contributed by atoms with E-state index in [0.717, 1.165) is 22.2 Å². The lowest BCUT2D eigenvalue weighted by molar-refractivity contribution is -0.119. The van der Waals surface area contributed by atoms with Crippen molar-refractivity contribution in [1.82, 2.24) is 10.3 Å². The summed E-state index contributed by atoms with van der Waals surface area (Å²) < 4.78 is 0. The van der Waals surface area contributed by atoms with E-state index in [2.05, 4.69) is 10.3 Å². The van der Waals surface area contributed by atoms with E-state index in [1.807, 2.05) is 19.1 Å². The first-order valence-corrected chi connectivity index (χ1v) is 5.12. The molecule has 1 aromatic carbocycles. The van der Waals surface area contributed by atoms with E-state index in [1.54, 1.807) is 6.07 Å². The van der Waals surface area contributed by atoms with Crippen molar-refractivity contribution < 1.29 is 9.90 Å². The fraction of sp³-hybridized carbons (Fsp3) is 0.250.